The first kappa shape index (κ1) is 13.6. The summed E-state index contributed by atoms with van der Waals surface area (Å²) in [6.07, 6.45) is 4.42. The number of hydrogen-bond donors (Lipinski definition) is 2. The minimum atomic E-state index is 0.153. The first-order valence-corrected chi connectivity index (χ1v) is 7.28. The fourth-order valence-electron chi connectivity index (χ4n) is 2.46. The van der Waals surface area contributed by atoms with Crippen LogP contribution in [-0.4, -0.2) is 21.6 Å². The first-order valence-electron chi connectivity index (χ1n) is 7.28. The van der Waals surface area contributed by atoms with E-state index in [1.807, 2.05) is 13.0 Å². The molecule has 0 spiro atoms. The Morgan fingerprint density at radius 2 is 2.05 bits per heavy atom. The van der Waals surface area contributed by atoms with Gasteiger partial charge >= 0.3 is 6.01 Å². The second-order valence-corrected chi connectivity index (χ2v) is 5.11. The van der Waals surface area contributed by atoms with Crippen molar-refractivity contribution in [2.45, 2.75) is 32.6 Å². The second kappa shape index (κ2) is 5.95. The van der Waals surface area contributed by atoms with Crippen LogP contribution in [0.4, 0.5) is 17.6 Å². The molecule has 110 valence electrons. The van der Waals surface area contributed by atoms with Crippen LogP contribution in [0, 0.1) is 0 Å². The minimum Gasteiger partial charge on any atom is -0.463 e. The molecular weight excluding hydrogens is 266 g/mol. The fraction of sp³-hybridized carbons (Fsp3) is 0.400. The Morgan fingerprint density at radius 3 is 2.90 bits per heavy atom. The van der Waals surface area contributed by atoms with Crippen molar-refractivity contribution in [3.63, 3.8) is 0 Å². The monoisotopic (exact) mass is 285 g/mol. The number of nitrogens with one attached hydrogen (secondary N) is 1. The van der Waals surface area contributed by atoms with E-state index < -0.39 is 0 Å². The van der Waals surface area contributed by atoms with Crippen molar-refractivity contribution in [1.82, 2.24) is 15.0 Å². The molecule has 1 heterocycles. The van der Waals surface area contributed by atoms with E-state index in [1.165, 1.54) is 24.0 Å². The van der Waals surface area contributed by atoms with E-state index in [-0.39, 0.29) is 12.0 Å². The van der Waals surface area contributed by atoms with Gasteiger partial charge < -0.3 is 15.8 Å². The van der Waals surface area contributed by atoms with Crippen LogP contribution in [0.3, 0.4) is 0 Å². The molecule has 0 radical (unpaired) electrons. The van der Waals surface area contributed by atoms with Crippen LogP contribution in [0.15, 0.2) is 18.2 Å². The zero-order valence-electron chi connectivity index (χ0n) is 12.1. The van der Waals surface area contributed by atoms with Gasteiger partial charge in [0.25, 0.3) is 0 Å². The number of aromatic nitrogens is 3. The molecule has 6 heteroatoms. The summed E-state index contributed by atoms with van der Waals surface area (Å²) >= 11 is 0. The van der Waals surface area contributed by atoms with E-state index in [2.05, 4.69) is 32.4 Å². The predicted octanol–water partition coefficient (Wildman–Crippen LogP) is 2.47. The third kappa shape index (κ3) is 3.21. The van der Waals surface area contributed by atoms with E-state index in [9.17, 15) is 0 Å². The molecule has 0 fully saturated rings. The largest absolute Gasteiger partial charge is 0.463 e. The van der Waals surface area contributed by atoms with Gasteiger partial charge in [-0.2, -0.15) is 15.0 Å². The Bertz CT molecular complexity index is 644. The predicted molar refractivity (Wildman–Crippen MR) is 81.8 cm³/mol. The van der Waals surface area contributed by atoms with Gasteiger partial charge in [-0.3, -0.25) is 0 Å². The molecule has 0 unspecified atom stereocenters. The van der Waals surface area contributed by atoms with Gasteiger partial charge in [0.1, 0.15) is 0 Å². The number of benzene rings is 1. The third-order valence-corrected chi connectivity index (χ3v) is 3.42. The highest BCUT2D eigenvalue weighted by atomic mass is 16.5. The number of hydrogen-bond acceptors (Lipinski definition) is 6. The molecule has 0 bridgehead atoms. The fourth-order valence-corrected chi connectivity index (χ4v) is 2.46. The molecule has 0 saturated carbocycles. The van der Waals surface area contributed by atoms with Crippen molar-refractivity contribution in [2.24, 2.45) is 0 Å². The molecule has 2 aromatic rings. The van der Waals surface area contributed by atoms with Crippen molar-refractivity contribution in [1.29, 1.82) is 0 Å². The van der Waals surface area contributed by atoms with Gasteiger partial charge in [-0.05, 0) is 48.9 Å². The van der Waals surface area contributed by atoms with Crippen LogP contribution in [0.2, 0.25) is 0 Å². The highest BCUT2D eigenvalue weighted by Gasteiger charge is 2.12. The van der Waals surface area contributed by atoms with Crippen molar-refractivity contribution in [3.8, 4) is 6.01 Å². The molecule has 0 aliphatic heterocycles. The molecule has 0 amide bonds. The number of nitrogens with zero attached hydrogens (tertiary/aromatic N) is 3. The normalized spacial score (nSPS) is 13.0. The van der Waals surface area contributed by atoms with Crippen LogP contribution < -0.4 is 15.8 Å². The molecule has 21 heavy (non-hydrogen) atoms. The summed E-state index contributed by atoms with van der Waals surface area (Å²) in [5.41, 5.74) is 9.48. The van der Waals surface area contributed by atoms with Crippen molar-refractivity contribution >= 4 is 17.6 Å². The van der Waals surface area contributed by atoms with Crippen molar-refractivity contribution in [3.05, 3.63) is 29.3 Å². The standard InChI is InChI=1S/C15H19N5O/c1-2-8-21-15-19-13(16)18-14(20-15)17-12-7-6-10-4-3-5-11(10)9-12/h6-7,9H,2-5,8H2,1H3,(H3,16,17,18,19,20). The topological polar surface area (TPSA) is 86.0 Å². The molecule has 0 saturated heterocycles. The third-order valence-electron chi connectivity index (χ3n) is 3.42. The lowest BCUT2D eigenvalue weighted by molar-refractivity contribution is 0.292. The van der Waals surface area contributed by atoms with E-state index in [0.717, 1.165) is 18.5 Å². The van der Waals surface area contributed by atoms with Gasteiger partial charge in [0.2, 0.25) is 11.9 Å². The summed E-state index contributed by atoms with van der Waals surface area (Å²) in [7, 11) is 0. The molecule has 3 N–H and O–H groups in total. The van der Waals surface area contributed by atoms with Crippen molar-refractivity contribution < 1.29 is 4.74 Å². The number of fused-ring (bicyclic) bond motifs is 1. The number of rotatable bonds is 5. The van der Waals surface area contributed by atoms with Gasteiger partial charge in [0.15, 0.2) is 0 Å². The summed E-state index contributed by atoms with van der Waals surface area (Å²) < 4.78 is 5.41. The Balaban J connectivity index is 1.79. The van der Waals surface area contributed by atoms with Gasteiger partial charge in [-0.25, -0.2) is 0 Å². The first-order chi connectivity index (χ1) is 10.2. The average molecular weight is 285 g/mol. The van der Waals surface area contributed by atoms with E-state index in [4.69, 9.17) is 10.5 Å². The van der Waals surface area contributed by atoms with Gasteiger partial charge in [0, 0.05) is 5.69 Å². The van der Waals surface area contributed by atoms with E-state index in [1.54, 1.807) is 0 Å². The number of ether oxygens (including phenoxy) is 1. The quantitative estimate of drug-likeness (QED) is 0.877. The van der Waals surface area contributed by atoms with Crippen LogP contribution in [0.25, 0.3) is 0 Å². The Labute approximate surface area is 123 Å². The maximum absolute atomic E-state index is 5.69. The SMILES string of the molecule is CCCOc1nc(N)nc(Nc2ccc3c(c2)CCC3)n1. The van der Waals surface area contributed by atoms with E-state index >= 15 is 0 Å². The maximum Gasteiger partial charge on any atom is 0.323 e. The zero-order chi connectivity index (χ0) is 14.7. The highest BCUT2D eigenvalue weighted by Crippen LogP contribution is 2.26. The summed E-state index contributed by atoms with van der Waals surface area (Å²) in [5, 5.41) is 3.17. The smallest absolute Gasteiger partial charge is 0.323 e. The summed E-state index contributed by atoms with van der Waals surface area (Å²) in [6, 6.07) is 6.60. The summed E-state index contributed by atoms with van der Waals surface area (Å²) in [4.78, 5) is 12.3. The number of aryl methyl sites for hydroxylation is 2. The van der Waals surface area contributed by atoms with Crippen molar-refractivity contribution in [2.75, 3.05) is 17.7 Å². The number of nitrogen functional groups attached to an aromatic ring is 1. The zero-order valence-corrected chi connectivity index (χ0v) is 12.1. The maximum atomic E-state index is 5.69. The molecule has 3 rings (SSSR count). The second-order valence-electron chi connectivity index (χ2n) is 5.11. The lowest BCUT2D eigenvalue weighted by Gasteiger charge is -2.09. The van der Waals surface area contributed by atoms with E-state index in [0.29, 0.717) is 12.6 Å². The van der Waals surface area contributed by atoms with Crippen LogP contribution in [0.1, 0.15) is 30.9 Å². The Kier molecular flexibility index (Phi) is 3.85. The van der Waals surface area contributed by atoms with Gasteiger partial charge in [-0.1, -0.05) is 13.0 Å². The summed E-state index contributed by atoms with van der Waals surface area (Å²) in [5.74, 6) is 0.561. The van der Waals surface area contributed by atoms with Gasteiger partial charge in [0.05, 0.1) is 6.61 Å². The lowest BCUT2D eigenvalue weighted by Crippen LogP contribution is -2.07. The molecule has 1 aromatic heterocycles. The molecule has 0 atom stereocenters. The molecular formula is C15H19N5O. The lowest BCUT2D eigenvalue weighted by atomic mass is 10.1. The van der Waals surface area contributed by atoms with Crippen LogP contribution >= 0.6 is 0 Å². The molecule has 1 aromatic carbocycles. The Hall–Kier alpha value is -2.37. The number of nitrogens with two attached hydrogens (primary N) is 1. The van der Waals surface area contributed by atoms with Gasteiger partial charge in [-0.15, -0.1) is 0 Å². The number of anilines is 3. The van der Waals surface area contributed by atoms with Crippen LogP contribution in [-0.2, 0) is 12.8 Å². The summed E-state index contributed by atoms with van der Waals surface area (Å²) in [6.45, 7) is 2.58. The molecule has 1 aliphatic carbocycles. The Morgan fingerprint density at radius 1 is 1.19 bits per heavy atom. The molecule has 1 aliphatic rings. The minimum absolute atomic E-state index is 0.153. The molecule has 6 nitrogen and oxygen atoms in total. The highest BCUT2D eigenvalue weighted by molar-refractivity contribution is 5.57. The van der Waals surface area contributed by atoms with Crippen LogP contribution in [0.5, 0.6) is 6.01 Å². The average Bonchev–Trinajstić information content (AvgIpc) is 2.92.